The van der Waals surface area contributed by atoms with Gasteiger partial charge in [0, 0.05) is 12.6 Å². The van der Waals surface area contributed by atoms with E-state index in [0.717, 1.165) is 0 Å². The van der Waals surface area contributed by atoms with Crippen molar-refractivity contribution in [3.8, 4) is 6.07 Å². The maximum Gasteiger partial charge on any atom is 0.190 e. The van der Waals surface area contributed by atoms with E-state index in [2.05, 4.69) is 0 Å². The lowest BCUT2D eigenvalue weighted by Crippen LogP contribution is -1.70. The summed E-state index contributed by atoms with van der Waals surface area (Å²) in [6, 6.07) is 1.76. The highest BCUT2D eigenvalue weighted by molar-refractivity contribution is 7.37. The van der Waals surface area contributed by atoms with Crippen molar-refractivity contribution in [2.45, 2.75) is 6.42 Å². The molecule has 3 nitrogen and oxygen atoms in total. The molecule has 0 saturated heterocycles. The van der Waals surface area contributed by atoms with Crippen molar-refractivity contribution >= 4 is 20.4 Å². The molecule has 1 N–H and O–H groups in total. The number of nitrogens with zero attached hydrogens (tertiary/aromatic N) is 1. The summed E-state index contributed by atoms with van der Waals surface area (Å²) >= 11 is 0. The molecule has 0 aromatic carbocycles. The molecule has 8 heavy (non-hydrogen) atoms. The van der Waals surface area contributed by atoms with E-state index in [1.807, 2.05) is 0 Å². The summed E-state index contributed by atoms with van der Waals surface area (Å²) in [7, 11) is -2.37. The lowest BCUT2D eigenvalue weighted by molar-refractivity contribution is 0.503. The van der Waals surface area contributed by atoms with E-state index in [-0.39, 0.29) is 25.0 Å². The number of halogens is 1. The average Bonchev–Trinajstić information content (AvgIpc) is 1.61. The first kappa shape index (κ1) is 10.9. The van der Waals surface area contributed by atoms with Crippen LogP contribution < -0.4 is 0 Å². The molecule has 0 aliphatic carbocycles. The van der Waals surface area contributed by atoms with Crippen molar-refractivity contribution in [3.05, 3.63) is 0 Å². The van der Waals surface area contributed by atoms with Crippen molar-refractivity contribution in [1.29, 1.82) is 5.26 Å². The first-order valence-electron chi connectivity index (χ1n) is 1.86. The normalized spacial score (nSPS) is 11.0. The number of hydrogen-bond acceptors (Lipinski definition) is 2. The molecule has 0 amide bonds. The molecule has 0 fully saturated rings. The monoisotopic (exact) mass is 155 g/mol. The number of rotatable bonds is 2. The van der Waals surface area contributed by atoms with Crippen LogP contribution in [-0.4, -0.2) is 11.1 Å². The minimum absolute atomic E-state index is 0. The molecular formula is C3H7ClNO2P. The first-order valence-corrected chi connectivity index (χ1v) is 3.42. The molecule has 0 heterocycles. The number of nitriles is 1. The molecule has 0 aliphatic heterocycles. The molecule has 1 unspecified atom stereocenters. The minimum Gasteiger partial charge on any atom is -0.346 e. The maximum atomic E-state index is 9.79. The molecule has 0 saturated carbocycles. The molecular weight excluding hydrogens is 148 g/mol. The highest BCUT2D eigenvalue weighted by Crippen LogP contribution is 2.12. The third-order valence-corrected chi connectivity index (χ3v) is 1.13. The van der Waals surface area contributed by atoms with Crippen LogP contribution in [0.2, 0.25) is 0 Å². The molecule has 0 radical (unpaired) electrons. The second kappa shape index (κ2) is 6.97. The second-order valence-electron chi connectivity index (χ2n) is 1.05. The zero-order valence-corrected chi connectivity index (χ0v) is 5.94. The van der Waals surface area contributed by atoms with Crippen molar-refractivity contribution in [2.75, 3.05) is 6.16 Å². The van der Waals surface area contributed by atoms with E-state index in [1.165, 1.54) is 0 Å². The molecule has 0 bridgehead atoms. The predicted molar refractivity (Wildman–Crippen MR) is 33.6 cm³/mol. The van der Waals surface area contributed by atoms with Gasteiger partial charge in [-0.3, -0.25) is 4.57 Å². The fraction of sp³-hybridized carbons (Fsp3) is 0.667. The van der Waals surface area contributed by atoms with E-state index in [4.69, 9.17) is 10.2 Å². The Labute approximate surface area is 54.6 Å². The van der Waals surface area contributed by atoms with Crippen LogP contribution in [0.25, 0.3) is 0 Å². The van der Waals surface area contributed by atoms with Gasteiger partial charge in [-0.1, -0.05) is 0 Å². The van der Waals surface area contributed by atoms with Gasteiger partial charge in [-0.2, -0.15) is 5.26 Å². The van der Waals surface area contributed by atoms with Crippen LogP contribution in [0.3, 0.4) is 0 Å². The van der Waals surface area contributed by atoms with E-state index in [1.54, 1.807) is 6.07 Å². The van der Waals surface area contributed by atoms with Crippen LogP contribution in [0.1, 0.15) is 6.42 Å². The third kappa shape index (κ3) is 9.36. The maximum absolute atomic E-state index is 9.79. The lowest BCUT2D eigenvalue weighted by atomic mass is 10.6. The van der Waals surface area contributed by atoms with Gasteiger partial charge >= 0.3 is 0 Å². The molecule has 0 rings (SSSR count). The molecule has 0 spiro atoms. The zero-order chi connectivity index (χ0) is 5.70. The number of hydrogen-bond donors (Lipinski definition) is 1. The van der Waals surface area contributed by atoms with Crippen LogP contribution in [-0.2, 0) is 4.57 Å². The van der Waals surface area contributed by atoms with Gasteiger partial charge in [-0.05, 0) is 0 Å². The third-order valence-electron chi connectivity index (χ3n) is 0.451. The van der Waals surface area contributed by atoms with Crippen LogP contribution >= 0.6 is 20.4 Å². The fourth-order valence-corrected chi connectivity index (χ4v) is 0.489. The Morgan fingerprint density at radius 2 is 2.25 bits per heavy atom. The second-order valence-corrected chi connectivity index (χ2v) is 2.34. The Morgan fingerprint density at radius 3 is 2.38 bits per heavy atom. The van der Waals surface area contributed by atoms with Crippen molar-refractivity contribution in [2.24, 2.45) is 0 Å². The van der Waals surface area contributed by atoms with Gasteiger partial charge in [0.1, 0.15) is 0 Å². The van der Waals surface area contributed by atoms with Crippen LogP contribution in [0.5, 0.6) is 0 Å². The lowest BCUT2D eigenvalue weighted by Gasteiger charge is -1.80. The Bertz CT molecular complexity index is 110. The predicted octanol–water partition coefficient (Wildman–Crippen LogP) is 0.789. The Kier molecular flexibility index (Phi) is 9.46. The van der Waals surface area contributed by atoms with E-state index in [0.29, 0.717) is 0 Å². The average molecular weight is 156 g/mol. The van der Waals surface area contributed by atoms with Crippen molar-refractivity contribution < 1.29 is 9.46 Å². The molecule has 0 aromatic rings. The van der Waals surface area contributed by atoms with Gasteiger partial charge in [0.25, 0.3) is 0 Å². The van der Waals surface area contributed by atoms with Crippen LogP contribution in [0.4, 0.5) is 0 Å². The van der Waals surface area contributed by atoms with E-state index < -0.39 is 8.03 Å². The first-order chi connectivity index (χ1) is 3.27. The zero-order valence-electron chi connectivity index (χ0n) is 4.13. The van der Waals surface area contributed by atoms with Gasteiger partial charge in [0.15, 0.2) is 8.03 Å². The van der Waals surface area contributed by atoms with Gasteiger partial charge in [-0.25, -0.2) is 0 Å². The SMILES string of the molecule is Cl.N#CCC[PH](=O)O. The fourth-order valence-electron chi connectivity index (χ4n) is 0.163. The quantitative estimate of drug-likeness (QED) is 0.600. The van der Waals surface area contributed by atoms with Crippen molar-refractivity contribution in [3.63, 3.8) is 0 Å². The Morgan fingerprint density at radius 1 is 1.75 bits per heavy atom. The smallest absolute Gasteiger partial charge is 0.190 e. The van der Waals surface area contributed by atoms with E-state index >= 15 is 0 Å². The summed E-state index contributed by atoms with van der Waals surface area (Å²) in [5.41, 5.74) is 0. The molecule has 0 aromatic heterocycles. The van der Waals surface area contributed by atoms with Crippen LogP contribution in [0.15, 0.2) is 0 Å². The summed E-state index contributed by atoms with van der Waals surface area (Å²) in [5.74, 6) is 0. The Hall–Kier alpha value is -0.0300. The standard InChI is InChI=1S/C3H6NO2P.ClH/c4-2-1-3-7(5)6;/h7H,1,3H2,(H,5,6);1H. The van der Waals surface area contributed by atoms with Gasteiger partial charge in [0.05, 0.1) is 6.07 Å². The van der Waals surface area contributed by atoms with Crippen LogP contribution in [0, 0.1) is 11.3 Å². The van der Waals surface area contributed by atoms with Gasteiger partial charge < -0.3 is 4.89 Å². The summed E-state index contributed by atoms with van der Waals surface area (Å²) in [6.45, 7) is 0. The summed E-state index contributed by atoms with van der Waals surface area (Å²) in [4.78, 5) is 8.08. The summed E-state index contributed by atoms with van der Waals surface area (Å²) in [6.07, 6.45) is 0.329. The van der Waals surface area contributed by atoms with Gasteiger partial charge in [-0.15, -0.1) is 12.4 Å². The topological polar surface area (TPSA) is 61.1 Å². The van der Waals surface area contributed by atoms with E-state index in [9.17, 15) is 4.57 Å². The van der Waals surface area contributed by atoms with Crippen molar-refractivity contribution in [1.82, 2.24) is 0 Å². The molecule has 48 valence electrons. The largest absolute Gasteiger partial charge is 0.346 e. The molecule has 1 atom stereocenters. The molecule has 0 aliphatic rings. The summed E-state index contributed by atoms with van der Waals surface area (Å²) in [5, 5.41) is 7.83. The van der Waals surface area contributed by atoms with Gasteiger partial charge in [0.2, 0.25) is 0 Å². The molecule has 5 heteroatoms. The summed E-state index contributed by atoms with van der Waals surface area (Å²) < 4.78 is 9.79. The highest BCUT2D eigenvalue weighted by Gasteiger charge is 1.87. The highest BCUT2D eigenvalue weighted by atomic mass is 35.5. The minimum atomic E-state index is -2.37. The Balaban J connectivity index is 0.